The number of nitrogens with zero attached hydrogens (tertiary/aromatic N) is 3. The quantitative estimate of drug-likeness (QED) is 0.207. The fourth-order valence-corrected chi connectivity index (χ4v) is 6.26. The lowest BCUT2D eigenvalue weighted by Gasteiger charge is -2.42. The molecule has 5 rings (SSSR count). The number of nitrogens with one attached hydrogen (secondary N) is 3. The van der Waals surface area contributed by atoms with Gasteiger partial charge >= 0.3 is 12.2 Å². The van der Waals surface area contributed by atoms with Gasteiger partial charge < -0.3 is 35.2 Å². The van der Waals surface area contributed by atoms with Gasteiger partial charge in [-0.25, -0.2) is 27.7 Å². The van der Waals surface area contributed by atoms with E-state index in [1.807, 2.05) is 4.90 Å². The highest BCUT2D eigenvalue weighted by Crippen LogP contribution is 2.42. The molecule has 52 heavy (non-hydrogen) atoms. The summed E-state index contributed by atoms with van der Waals surface area (Å²) in [5.41, 5.74) is -2.92. The van der Waals surface area contributed by atoms with Crippen molar-refractivity contribution in [3.8, 4) is 11.3 Å². The Labute approximate surface area is 298 Å². The van der Waals surface area contributed by atoms with Crippen LogP contribution in [0.15, 0.2) is 30.5 Å². The molecule has 3 amide bonds. The lowest BCUT2D eigenvalue weighted by Crippen LogP contribution is -2.59. The molecule has 0 saturated carbocycles. The Hall–Kier alpha value is -4.96. The number of carbonyl (C=O) groups excluding carboxylic acids is 3. The number of ether oxygens (including phenoxy) is 2. The van der Waals surface area contributed by atoms with Gasteiger partial charge in [-0.2, -0.15) is 0 Å². The number of halogens is 3. The van der Waals surface area contributed by atoms with Crippen LogP contribution in [-0.4, -0.2) is 74.7 Å². The third kappa shape index (κ3) is 8.56. The maximum atomic E-state index is 15.5. The van der Waals surface area contributed by atoms with Crippen molar-refractivity contribution in [1.29, 1.82) is 0 Å². The molecule has 0 bridgehead atoms. The van der Waals surface area contributed by atoms with Crippen LogP contribution in [0.5, 0.6) is 0 Å². The number of aliphatic hydroxyl groups is 2. The van der Waals surface area contributed by atoms with Crippen LogP contribution in [0.25, 0.3) is 11.3 Å². The Morgan fingerprint density at radius 3 is 2.17 bits per heavy atom. The summed E-state index contributed by atoms with van der Waals surface area (Å²) in [6.07, 6.45) is -1.59. The monoisotopic (exact) mass is 728 g/mol. The van der Waals surface area contributed by atoms with E-state index in [1.54, 1.807) is 48.5 Å². The zero-order chi connectivity index (χ0) is 38.3. The minimum atomic E-state index is -1.23. The zero-order valence-corrected chi connectivity index (χ0v) is 29.9. The molecule has 280 valence electrons. The Morgan fingerprint density at radius 2 is 1.54 bits per heavy atom. The molecule has 2 aliphatic rings. The van der Waals surface area contributed by atoms with Crippen LogP contribution < -0.4 is 20.9 Å². The number of aromatic nitrogens is 2. The minimum Gasteiger partial charge on any atom is -0.444 e. The maximum Gasteiger partial charge on any atom is 0.412 e. The van der Waals surface area contributed by atoms with E-state index in [-0.39, 0.29) is 18.8 Å². The highest BCUT2D eigenvalue weighted by molar-refractivity contribution is 6.10. The number of anilines is 3. The van der Waals surface area contributed by atoms with E-state index in [2.05, 4.69) is 25.9 Å². The van der Waals surface area contributed by atoms with Gasteiger partial charge in [0.25, 0.3) is 5.91 Å². The van der Waals surface area contributed by atoms with Gasteiger partial charge in [0, 0.05) is 30.6 Å². The van der Waals surface area contributed by atoms with Crippen molar-refractivity contribution in [2.75, 3.05) is 28.6 Å². The zero-order valence-electron chi connectivity index (χ0n) is 29.9. The van der Waals surface area contributed by atoms with Crippen molar-refractivity contribution >= 4 is 35.2 Å². The van der Waals surface area contributed by atoms with Crippen LogP contribution >= 0.6 is 0 Å². The summed E-state index contributed by atoms with van der Waals surface area (Å²) >= 11 is 0. The summed E-state index contributed by atoms with van der Waals surface area (Å²) < 4.78 is 55.9. The maximum absolute atomic E-state index is 15.5. The fourth-order valence-electron chi connectivity index (χ4n) is 6.26. The van der Waals surface area contributed by atoms with Crippen LogP contribution in [-0.2, 0) is 15.9 Å². The summed E-state index contributed by atoms with van der Waals surface area (Å²) in [5, 5.41) is 29.5. The van der Waals surface area contributed by atoms with Crippen molar-refractivity contribution in [3.05, 3.63) is 64.9 Å². The van der Waals surface area contributed by atoms with Gasteiger partial charge in [0.2, 0.25) is 0 Å². The molecule has 1 unspecified atom stereocenters. The van der Waals surface area contributed by atoms with Crippen molar-refractivity contribution in [3.63, 3.8) is 0 Å². The molecule has 1 saturated heterocycles. The highest BCUT2D eigenvalue weighted by atomic mass is 19.1. The molecule has 1 aliphatic carbocycles. The summed E-state index contributed by atoms with van der Waals surface area (Å²) in [4.78, 5) is 49.9. The Balaban J connectivity index is 1.57. The molecule has 3 aromatic rings. The van der Waals surface area contributed by atoms with Gasteiger partial charge in [0.1, 0.15) is 28.5 Å². The molecule has 0 radical (unpaired) electrons. The fraction of sp³-hybridized carbons (Fsp3) is 0.472. The molecule has 16 heteroatoms. The molecule has 13 nitrogen and oxygen atoms in total. The van der Waals surface area contributed by atoms with Gasteiger partial charge in [0.05, 0.1) is 52.8 Å². The summed E-state index contributed by atoms with van der Waals surface area (Å²) in [6.45, 7) is 12.0. The first-order chi connectivity index (χ1) is 24.2. The largest absolute Gasteiger partial charge is 0.444 e. The summed E-state index contributed by atoms with van der Waals surface area (Å²) in [5.74, 6) is -4.91. The van der Waals surface area contributed by atoms with Crippen molar-refractivity contribution in [2.24, 2.45) is 5.92 Å². The van der Waals surface area contributed by atoms with E-state index in [1.165, 1.54) is 6.20 Å². The van der Waals surface area contributed by atoms with Gasteiger partial charge in [-0.05, 0) is 66.5 Å². The SMILES string of the molecule is C[C@H]1CN(c2c(NC(=O)c3nc(-c4c(F)cccc4F)c(F)cc3NC(=O)OC(C)(C)C)cnc3c2CCC3O)C[C@@H](NC(=O)OC(C)(C)C)[C@@H]1O. The second kappa shape index (κ2) is 14.6. The molecular weight excluding hydrogens is 685 g/mol. The summed E-state index contributed by atoms with van der Waals surface area (Å²) in [7, 11) is 0. The molecule has 1 fully saturated rings. The highest BCUT2D eigenvalue weighted by Gasteiger charge is 2.39. The van der Waals surface area contributed by atoms with E-state index >= 15 is 4.39 Å². The number of aliphatic hydroxyl groups excluding tert-OH is 2. The molecular formula is C36H43F3N6O7. The van der Waals surface area contributed by atoms with Crippen LogP contribution in [0.1, 0.15) is 82.7 Å². The van der Waals surface area contributed by atoms with Crippen LogP contribution in [0.4, 0.5) is 39.8 Å². The number of benzene rings is 1. The topological polar surface area (TPSA) is 175 Å². The molecule has 4 atom stereocenters. The summed E-state index contributed by atoms with van der Waals surface area (Å²) in [6, 6.07) is 2.81. The first kappa shape index (κ1) is 38.3. The Kier molecular flexibility index (Phi) is 10.7. The Morgan fingerprint density at radius 1 is 0.904 bits per heavy atom. The number of alkyl carbamates (subject to hydrolysis) is 1. The van der Waals surface area contributed by atoms with Crippen molar-refractivity contribution in [2.45, 2.75) is 90.8 Å². The lowest BCUT2D eigenvalue weighted by atomic mass is 9.91. The number of amides is 3. The number of hydrogen-bond donors (Lipinski definition) is 5. The average molecular weight is 729 g/mol. The standard InChI is InChI=1S/C36H43F3N6O7/c1-17-15-45(16-24(31(17)47)43-34(50)52-36(5,6)7)30-18-11-12-25(46)27(18)40-14-23(30)41-32(48)29-22(42-33(49)51-35(2,3)4)13-21(39)28(44-29)26-19(37)9-8-10-20(26)38/h8-10,13-14,17,24-25,31,46-47H,11-12,15-16H2,1-7H3,(H,41,48)(H,42,49)(H,43,50)/t17-,24+,25?,31+/m0/s1. The minimum absolute atomic E-state index is 0.0666. The predicted molar refractivity (Wildman–Crippen MR) is 185 cm³/mol. The third-order valence-corrected chi connectivity index (χ3v) is 8.38. The van der Waals surface area contributed by atoms with E-state index < -0.39 is 93.6 Å². The third-order valence-electron chi connectivity index (χ3n) is 8.38. The number of pyridine rings is 2. The van der Waals surface area contributed by atoms with Crippen LogP contribution in [0, 0.1) is 23.4 Å². The van der Waals surface area contributed by atoms with Crippen LogP contribution in [0.3, 0.4) is 0 Å². The van der Waals surface area contributed by atoms with Crippen molar-refractivity contribution in [1.82, 2.24) is 15.3 Å². The first-order valence-corrected chi connectivity index (χ1v) is 16.8. The van der Waals surface area contributed by atoms with Gasteiger partial charge in [0.15, 0.2) is 11.5 Å². The predicted octanol–water partition coefficient (Wildman–Crippen LogP) is 5.85. The number of hydrogen-bond acceptors (Lipinski definition) is 10. The van der Waals surface area contributed by atoms with Crippen molar-refractivity contribution < 1.29 is 47.2 Å². The number of carbonyl (C=O) groups is 3. The van der Waals surface area contributed by atoms with E-state index in [0.717, 1.165) is 18.2 Å². The van der Waals surface area contributed by atoms with E-state index in [4.69, 9.17) is 9.47 Å². The first-order valence-electron chi connectivity index (χ1n) is 16.8. The normalized spacial score (nSPS) is 20.2. The van der Waals surface area contributed by atoms with Gasteiger partial charge in [-0.1, -0.05) is 13.0 Å². The number of piperidine rings is 1. The molecule has 0 spiro atoms. The molecule has 2 aromatic heterocycles. The average Bonchev–Trinajstić information content (AvgIpc) is 3.38. The second-order valence-corrected chi connectivity index (χ2v) is 15.0. The lowest BCUT2D eigenvalue weighted by molar-refractivity contribution is 0.0303. The van der Waals surface area contributed by atoms with Gasteiger partial charge in [-0.3, -0.25) is 15.1 Å². The smallest absolute Gasteiger partial charge is 0.412 e. The van der Waals surface area contributed by atoms with E-state index in [0.29, 0.717) is 35.9 Å². The second-order valence-electron chi connectivity index (χ2n) is 15.0. The number of rotatable bonds is 6. The van der Waals surface area contributed by atoms with Gasteiger partial charge in [-0.15, -0.1) is 0 Å². The number of fused-ring (bicyclic) bond motifs is 1. The molecule has 1 aromatic carbocycles. The molecule has 1 aliphatic heterocycles. The molecule has 3 heterocycles. The molecule has 5 N–H and O–H groups in total. The van der Waals surface area contributed by atoms with Crippen LogP contribution in [0.2, 0.25) is 0 Å². The van der Waals surface area contributed by atoms with E-state index in [9.17, 15) is 33.4 Å². The Bertz CT molecular complexity index is 1860.